The fourth-order valence-electron chi connectivity index (χ4n) is 4.46. The number of ether oxygens (including phenoxy) is 1. The van der Waals surface area contributed by atoms with Crippen molar-refractivity contribution in [3.8, 4) is 5.75 Å². The van der Waals surface area contributed by atoms with E-state index in [4.69, 9.17) is 4.74 Å². The third-order valence-electron chi connectivity index (χ3n) is 5.84. The fourth-order valence-corrected chi connectivity index (χ4v) is 4.46. The highest BCUT2D eigenvalue weighted by molar-refractivity contribution is 5.92. The number of fused-ring (bicyclic) bond motifs is 1. The van der Waals surface area contributed by atoms with Crippen LogP contribution in [0.25, 0.3) is 0 Å². The highest BCUT2D eigenvalue weighted by atomic mass is 16.5. The van der Waals surface area contributed by atoms with Gasteiger partial charge < -0.3 is 9.64 Å². The van der Waals surface area contributed by atoms with Crippen LogP contribution in [0.3, 0.4) is 0 Å². The van der Waals surface area contributed by atoms with E-state index >= 15 is 0 Å². The van der Waals surface area contributed by atoms with Gasteiger partial charge in [0.25, 0.3) is 5.91 Å². The van der Waals surface area contributed by atoms with Crippen LogP contribution in [0.5, 0.6) is 5.75 Å². The molecule has 1 aromatic carbocycles. The summed E-state index contributed by atoms with van der Waals surface area (Å²) in [6.45, 7) is 3.63. The van der Waals surface area contributed by atoms with E-state index in [-0.39, 0.29) is 5.91 Å². The second-order valence-corrected chi connectivity index (χ2v) is 7.57. The molecule has 0 aliphatic carbocycles. The summed E-state index contributed by atoms with van der Waals surface area (Å²) in [6, 6.07) is 14.3. The van der Waals surface area contributed by atoms with Gasteiger partial charge in [0.15, 0.2) is 0 Å². The number of methoxy groups -OCH3 is 1. The number of benzene rings is 1. The zero-order valence-electron chi connectivity index (χ0n) is 15.9. The van der Waals surface area contributed by atoms with E-state index in [2.05, 4.69) is 28.1 Å². The Morgan fingerprint density at radius 3 is 2.93 bits per heavy atom. The zero-order valence-corrected chi connectivity index (χ0v) is 15.9. The molecule has 1 aromatic heterocycles. The van der Waals surface area contributed by atoms with Crippen LogP contribution in [-0.2, 0) is 6.54 Å². The van der Waals surface area contributed by atoms with Crippen molar-refractivity contribution in [1.29, 1.82) is 0 Å². The third-order valence-corrected chi connectivity index (χ3v) is 5.84. The molecule has 27 heavy (non-hydrogen) atoms. The molecule has 2 aromatic rings. The molecular weight excluding hydrogens is 338 g/mol. The van der Waals surface area contributed by atoms with Gasteiger partial charge in [-0.15, -0.1) is 0 Å². The van der Waals surface area contributed by atoms with Gasteiger partial charge in [-0.25, -0.2) is 0 Å². The van der Waals surface area contributed by atoms with E-state index in [1.54, 1.807) is 13.3 Å². The summed E-state index contributed by atoms with van der Waals surface area (Å²) < 4.78 is 5.37. The molecular formula is C22H27N3O2. The molecule has 0 N–H and O–H groups in total. The topological polar surface area (TPSA) is 45.7 Å². The van der Waals surface area contributed by atoms with Gasteiger partial charge in [-0.2, -0.15) is 0 Å². The van der Waals surface area contributed by atoms with E-state index in [1.807, 2.05) is 29.2 Å². The van der Waals surface area contributed by atoms with Crippen LogP contribution in [0, 0.1) is 5.92 Å². The first-order chi connectivity index (χ1) is 13.2. The summed E-state index contributed by atoms with van der Waals surface area (Å²) >= 11 is 0. The molecule has 2 aliphatic heterocycles. The minimum atomic E-state index is 0.0602. The molecule has 142 valence electrons. The average molecular weight is 365 g/mol. The highest BCUT2D eigenvalue weighted by Gasteiger charge is 2.39. The van der Waals surface area contributed by atoms with Gasteiger partial charge in [0.1, 0.15) is 11.4 Å². The molecule has 0 radical (unpaired) electrons. The lowest BCUT2D eigenvalue weighted by atomic mass is 9.98. The standard InChI is InChI=1S/C22H27N3O2/c1-27-19-9-6-7-17(13-19)14-24-12-5-3-8-18-15-25(16-21(18)24)22(26)20-10-2-4-11-23-20/h2,4,6-7,9-11,13,18,21H,3,5,8,12,14-16H2,1H3/t18-,21+/m0/s1. The van der Waals surface area contributed by atoms with Gasteiger partial charge >= 0.3 is 0 Å². The quantitative estimate of drug-likeness (QED) is 0.835. The molecule has 2 aliphatic rings. The average Bonchev–Trinajstić information content (AvgIpc) is 3.06. The molecule has 2 saturated heterocycles. The van der Waals surface area contributed by atoms with Crippen LogP contribution in [0.15, 0.2) is 48.7 Å². The number of carbonyl (C=O) groups is 1. The molecule has 0 unspecified atom stereocenters. The number of nitrogens with zero attached hydrogens (tertiary/aromatic N) is 3. The Morgan fingerprint density at radius 1 is 1.19 bits per heavy atom. The molecule has 5 heteroatoms. The van der Waals surface area contributed by atoms with Gasteiger partial charge in [-0.3, -0.25) is 14.7 Å². The van der Waals surface area contributed by atoms with Crippen molar-refractivity contribution in [2.75, 3.05) is 26.7 Å². The summed E-state index contributed by atoms with van der Waals surface area (Å²) in [7, 11) is 1.71. The molecule has 3 heterocycles. The van der Waals surface area contributed by atoms with Crippen molar-refractivity contribution >= 4 is 5.91 Å². The van der Waals surface area contributed by atoms with Crippen molar-refractivity contribution in [3.05, 3.63) is 59.9 Å². The predicted molar refractivity (Wildman–Crippen MR) is 105 cm³/mol. The first-order valence-corrected chi connectivity index (χ1v) is 9.82. The molecule has 1 amide bonds. The van der Waals surface area contributed by atoms with Crippen LogP contribution in [0.1, 0.15) is 35.3 Å². The Kier molecular flexibility index (Phi) is 5.39. The van der Waals surface area contributed by atoms with E-state index in [0.29, 0.717) is 17.7 Å². The Labute approximate surface area is 161 Å². The van der Waals surface area contributed by atoms with Gasteiger partial charge in [0.05, 0.1) is 7.11 Å². The van der Waals surface area contributed by atoms with Crippen LogP contribution in [0.2, 0.25) is 0 Å². The van der Waals surface area contributed by atoms with Crippen molar-refractivity contribution < 1.29 is 9.53 Å². The fraction of sp³-hybridized carbons (Fsp3) is 0.455. The largest absolute Gasteiger partial charge is 0.497 e. The van der Waals surface area contributed by atoms with E-state index < -0.39 is 0 Å². The molecule has 2 fully saturated rings. The lowest BCUT2D eigenvalue weighted by Gasteiger charge is -2.30. The normalized spacial score (nSPS) is 22.9. The SMILES string of the molecule is COc1cccc(CN2CCCC[C@H]3CN(C(=O)c4ccccn4)C[C@H]32)c1. The van der Waals surface area contributed by atoms with Crippen LogP contribution in [-0.4, -0.2) is 53.5 Å². The monoisotopic (exact) mass is 365 g/mol. The van der Waals surface area contributed by atoms with Crippen LogP contribution in [0.4, 0.5) is 0 Å². The summed E-state index contributed by atoms with van der Waals surface area (Å²) in [4.78, 5) is 21.7. The van der Waals surface area contributed by atoms with Crippen molar-refractivity contribution in [3.63, 3.8) is 0 Å². The minimum absolute atomic E-state index is 0.0602. The molecule has 2 atom stereocenters. The molecule has 5 nitrogen and oxygen atoms in total. The number of hydrogen-bond acceptors (Lipinski definition) is 4. The number of rotatable bonds is 4. The van der Waals surface area contributed by atoms with Crippen LogP contribution < -0.4 is 4.74 Å². The summed E-state index contributed by atoms with van der Waals surface area (Å²) in [6.07, 6.45) is 5.36. The molecule has 0 bridgehead atoms. The number of amides is 1. The second-order valence-electron chi connectivity index (χ2n) is 7.57. The molecule has 0 spiro atoms. The van der Waals surface area contributed by atoms with E-state index in [0.717, 1.165) is 31.9 Å². The number of pyridine rings is 1. The highest BCUT2D eigenvalue weighted by Crippen LogP contribution is 2.32. The Balaban J connectivity index is 1.49. The summed E-state index contributed by atoms with van der Waals surface area (Å²) in [5.74, 6) is 1.51. The number of aromatic nitrogens is 1. The van der Waals surface area contributed by atoms with Gasteiger partial charge in [0.2, 0.25) is 0 Å². The maximum Gasteiger partial charge on any atom is 0.272 e. The lowest BCUT2D eigenvalue weighted by Crippen LogP contribution is -2.40. The van der Waals surface area contributed by atoms with E-state index in [1.165, 1.54) is 24.8 Å². The lowest BCUT2D eigenvalue weighted by molar-refractivity contribution is 0.0767. The van der Waals surface area contributed by atoms with Crippen molar-refractivity contribution in [2.45, 2.75) is 31.8 Å². The maximum absolute atomic E-state index is 12.9. The number of hydrogen-bond donors (Lipinski definition) is 0. The van der Waals surface area contributed by atoms with Gasteiger partial charge in [-0.1, -0.05) is 24.6 Å². The Bertz CT molecular complexity index is 780. The zero-order chi connectivity index (χ0) is 18.6. The predicted octanol–water partition coefficient (Wildman–Crippen LogP) is 3.22. The first-order valence-electron chi connectivity index (χ1n) is 9.82. The van der Waals surface area contributed by atoms with Crippen molar-refractivity contribution in [1.82, 2.24) is 14.8 Å². The minimum Gasteiger partial charge on any atom is -0.497 e. The number of likely N-dealkylation sites (tertiary alicyclic amines) is 2. The Morgan fingerprint density at radius 2 is 2.11 bits per heavy atom. The number of carbonyl (C=O) groups excluding carboxylic acids is 1. The summed E-state index contributed by atoms with van der Waals surface area (Å²) in [5.41, 5.74) is 1.82. The van der Waals surface area contributed by atoms with Crippen molar-refractivity contribution in [2.24, 2.45) is 5.92 Å². The maximum atomic E-state index is 12.9. The van der Waals surface area contributed by atoms with Gasteiger partial charge in [-0.05, 0) is 55.1 Å². The van der Waals surface area contributed by atoms with E-state index in [9.17, 15) is 4.79 Å². The smallest absolute Gasteiger partial charge is 0.272 e. The molecule has 4 rings (SSSR count). The Hall–Kier alpha value is -2.40. The molecule has 0 saturated carbocycles. The summed E-state index contributed by atoms with van der Waals surface area (Å²) in [5, 5.41) is 0. The second kappa shape index (κ2) is 8.09. The first kappa shape index (κ1) is 18.0. The van der Waals surface area contributed by atoms with Gasteiger partial charge in [0, 0.05) is 31.9 Å². The third kappa shape index (κ3) is 3.98. The van der Waals surface area contributed by atoms with Crippen LogP contribution >= 0.6 is 0 Å².